The smallest absolute Gasteiger partial charge is 0.404 e. The van der Waals surface area contributed by atoms with Gasteiger partial charge in [0, 0.05) is 31.2 Å². The first-order chi connectivity index (χ1) is 14.7. The fraction of sp³-hybridized carbons (Fsp3) is 0.909. The van der Waals surface area contributed by atoms with Crippen molar-refractivity contribution < 1.29 is 18.9 Å². The van der Waals surface area contributed by atoms with Crippen molar-refractivity contribution in [1.29, 1.82) is 0 Å². The van der Waals surface area contributed by atoms with Crippen LogP contribution in [0.3, 0.4) is 0 Å². The summed E-state index contributed by atoms with van der Waals surface area (Å²) in [6.07, 6.45) is 6.94. The van der Waals surface area contributed by atoms with Crippen molar-refractivity contribution in [2.24, 2.45) is 10.8 Å². The first kappa shape index (κ1) is 27.8. The average molecular weight is 461 g/mol. The van der Waals surface area contributed by atoms with Gasteiger partial charge in [0.2, 0.25) is 0 Å². The van der Waals surface area contributed by atoms with E-state index in [-0.39, 0.29) is 22.9 Å². The van der Waals surface area contributed by atoms with Crippen molar-refractivity contribution >= 4 is 24.2 Å². The van der Waals surface area contributed by atoms with E-state index < -0.39 is 6.09 Å². The van der Waals surface area contributed by atoms with Gasteiger partial charge < -0.3 is 30.6 Å². The Hall–Kier alpha value is -1.19. The fourth-order valence-electron chi connectivity index (χ4n) is 4.81. The van der Waals surface area contributed by atoms with Crippen LogP contribution in [0, 0.1) is 10.8 Å². The molecular formula is C22H44N4O4S. The van der Waals surface area contributed by atoms with Crippen LogP contribution in [-0.2, 0) is 4.18 Å². The van der Waals surface area contributed by atoms with Gasteiger partial charge in [0.05, 0.1) is 12.5 Å². The van der Waals surface area contributed by atoms with E-state index in [0.29, 0.717) is 13.1 Å². The highest BCUT2D eigenvalue weighted by Crippen LogP contribution is 2.47. The monoisotopic (exact) mass is 460 g/mol. The number of carbonyl (C=O) groups is 2. The molecule has 0 aliphatic heterocycles. The second-order valence-corrected chi connectivity index (χ2v) is 10.5. The Morgan fingerprint density at radius 2 is 1.71 bits per heavy atom. The number of nitrogens with one attached hydrogen (secondary N) is 4. The molecule has 0 saturated heterocycles. The maximum atomic E-state index is 12.1. The quantitative estimate of drug-likeness (QED) is 0.141. The van der Waals surface area contributed by atoms with E-state index in [1.54, 1.807) is 0 Å². The Bertz CT molecular complexity index is 536. The minimum absolute atomic E-state index is 0.0113. The molecule has 2 atom stereocenters. The molecule has 1 rings (SSSR count). The van der Waals surface area contributed by atoms with E-state index in [0.717, 1.165) is 70.4 Å². The van der Waals surface area contributed by atoms with Crippen LogP contribution in [0.5, 0.6) is 0 Å². The number of rotatable bonds is 15. The number of amides is 3. The van der Waals surface area contributed by atoms with Crippen LogP contribution in [-0.4, -0.2) is 55.4 Å². The summed E-state index contributed by atoms with van der Waals surface area (Å²) < 4.78 is 5.19. The summed E-state index contributed by atoms with van der Waals surface area (Å²) in [6.45, 7) is 11.6. The molecule has 0 spiro atoms. The third kappa shape index (κ3) is 13.7. The number of urea groups is 1. The van der Waals surface area contributed by atoms with Gasteiger partial charge >= 0.3 is 12.1 Å². The van der Waals surface area contributed by atoms with E-state index in [2.05, 4.69) is 42.0 Å². The predicted molar refractivity (Wildman–Crippen MR) is 127 cm³/mol. The molecule has 0 radical (unpaired) electrons. The minimum Gasteiger partial charge on any atom is -0.465 e. The van der Waals surface area contributed by atoms with Gasteiger partial charge in [-0.2, -0.15) is 0 Å². The molecule has 1 saturated carbocycles. The molecule has 0 aromatic carbocycles. The molecule has 0 bridgehead atoms. The number of hydrogen-bond acceptors (Lipinski definition) is 5. The normalized spacial score (nSPS) is 22.6. The molecule has 9 heteroatoms. The Kier molecular flexibility index (Phi) is 13.3. The number of carbonyl (C=O) groups excluding carboxylic acids is 1. The molecule has 182 valence electrons. The first-order valence-electron chi connectivity index (χ1n) is 11.6. The Morgan fingerprint density at radius 3 is 2.39 bits per heavy atom. The van der Waals surface area contributed by atoms with Crippen molar-refractivity contribution in [3.63, 3.8) is 0 Å². The van der Waals surface area contributed by atoms with Gasteiger partial charge in [-0.25, -0.2) is 9.59 Å². The standard InChI is InChI=1S/C22H44N4O4S/c1-5-30-31-17-23-11-8-6-7-9-12-24-19(27)25-13-10-22(4)15-18(26-20(28)29)14-21(2,3)16-22/h18,23,26H,5-17H2,1-4H3,(H,28,29)(H2,24,25,27). The molecule has 3 amide bonds. The average Bonchev–Trinajstić information content (AvgIpc) is 2.63. The van der Waals surface area contributed by atoms with Crippen molar-refractivity contribution in [2.75, 3.05) is 32.1 Å². The molecule has 1 aliphatic rings. The summed E-state index contributed by atoms with van der Waals surface area (Å²) >= 11 is 1.45. The molecule has 1 aliphatic carbocycles. The van der Waals surface area contributed by atoms with Crippen LogP contribution >= 0.6 is 12.0 Å². The molecule has 5 N–H and O–H groups in total. The van der Waals surface area contributed by atoms with Crippen LogP contribution in [0.15, 0.2) is 0 Å². The topological polar surface area (TPSA) is 112 Å². The van der Waals surface area contributed by atoms with E-state index in [9.17, 15) is 9.59 Å². The SMILES string of the molecule is CCOSCNCCCCCCNC(=O)NCCC1(C)CC(NC(=O)O)CC(C)(C)C1. The third-order valence-electron chi connectivity index (χ3n) is 5.71. The summed E-state index contributed by atoms with van der Waals surface area (Å²) in [5.74, 6) is 0.822. The molecule has 0 heterocycles. The zero-order chi connectivity index (χ0) is 23.2. The third-order valence-corrected chi connectivity index (χ3v) is 6.44. The molecular weight excluding hydrogens is 416 g/mol. The maximum absolute atomic E-state index is 12.1. The molecule has 1 fully saturated rings. The molecule has 2 unspecified atom stereocenters. The summed E-state index contributed by atoms with van der Waals surface area (Å²) in [7, 11) is 0. The lowest BCUT2D eigenvalue weighted by atomic mass is 9.61. The van der Waals surface area contributed by atoms with Gasteiger partial charge in [0.15, 0.2) is 0 Å². The van der Waals surface area contributed by atoms with Crippen molar-refractivity contribution in [3.8, 4) is 0 Å². The van der Waals surface area contributed by atoms with Crippen molar-refractivity contribution in [2.45, 2.75) is 85.1 Å². The molecule has 0 aromatic rings. The lowest BCUT2D eigenvalue weighted by Gasteiger charge is -2.46. The van der Waals surface area contributed by atoms with Crippen LogP contribution in [0.1, 0.15) is 79.1 Å². The first-order valence-corrected chi connectivity index (χ1v) is 12.5. The highest BCUT2D eigenvalue weighted by molar-refractivity contribution is 7.94. The second kappa shape index (κ2) is 14.8. The van der Waals surface area contributed by atoms with Gasteiger partial charge in [-0.1, -0.05) is 33.6 Å². The summed E-state index contributed by atoms with van der Waals surface area (Å²) in [6, 6.07) is -0.146. The van der Waals surface area contributed by atoms with Gasteiger partial charge in [-0.15, -0.1) is 0 Å². The zero-order valence-electron chi connectivity index (χ0n) is 19.8. The van der Waals surface area contributed by atoms with E-state index in [1.807, 2.05) is 6.92 Å². The predicted octanol–water partition coefficient (Wildman–Crippen LogP) is 4.32. The lowest BCUT2D eigenvalue weighted by molar-refractivity contribution is 0.0643. The van der Waals surface area contributed by atoms with Crippen LogP contribution < -0.4 is 21.3 Å². The summed E-state index contributed by atoms with van der Waals surface area (Å²) in [5.41, 5.74) is 0.0946. The Morgan fingerprint density at radius 1 is 1.03 bits per heavy atom. The highest BCUT2D eigenvalue weighted by Gasteiger charge is 2.41. The van der Waals surface area contributed by atoms with Crippen molar-refractivity contribution in [3.05, 3.63) is 0 Å². The van der Waals surface area contributed by atoms with Crippen LogP contribution in [0.4, 0.5) is 9.59 Å². The van der Waals surface area contributed by atoms with E-state index >= 15 is 0 Å². The zero-order valence-corrected chi connectivity index (χ0v) is 20.7. The van der Waals surface area contributed by atoms with Gasteiger partial charge in [0.1, 0.15) is 0 Å². The Labute approximate surface area is 192 Å². The van der Waals surface area contributed by atoms with Gasteiger partial charge in [0.25, 0.3) is 0 Å². The maximum Gasteiger partial charge on any atom is 0.404 e. The van der Waals surface area contributed by atoms with Crippen molar-refractivity contribution in [1.82, 2.24) is 21.3 Å². The summed E-state index contributed by atoms with van der Waals surface area (Å²) in [4.78, 5) is 23.1. The lowest BCUT2D eigenvalue weighted by Crippen LogP contribution is -2.47. The van der Waals surface area contributed by atoms with E-state index in [4.69, 9.17) is 9.29 Å². The van der Waals surface area contributed by atoms with Crippen LogP contribution in [0.2, 0.25) is 0 Å². The number of hydrogen-bond donors (Lipinski definition) is 5. The minimum atomic E-state index is -0.959. The largest absolute Gasteiger partial charge is 0.465 e. The second-order valence-electron chi connectivity index (χ2n) is 9.72. The Balaban J connectivity index is 2.11. The van der Waals surface area contributed by atoms with Crippen LogP contribution in [0.25, 0.3) is 0 Å². The van der Waals surface area contributed by atoms with Gasteiger partial charge in [-0.05, 0) is 62.8 Å². The molecule has 31 heavy (non-hydrogen) atoms. The molecule has 0 aromatic heterocycles. The van der Waals surface area contributed by atoms with Gasteiger partial charge in [-0.3, -0.25) is 0 Å². The molecule has 8 nitrogen and oxygen atoms in total. The number of unbranched alkanes of at least 4 members (excludes halogenated alkanes) is 3. The fourth-order valence-corrected chi connectivity index (χ4v) is 5.29. The van der Waals surface area contributed by atoms with E-state index in [1.165, 1.54) is 12.0 Å². The highest BCUT2D eigenvalue weighted by atomic mass is 32.2. The number of carboxylic acid groups (broad SMARTS) is 1. The summed E-state index contributed by atoms with van der Waals surface area (Å²) in [5, 5.41) is 21.0.